The van der Waals surface area contributed by atoms with Gasteiger partial charge in [-0.15, -0.1) is 11.3 Å². The van der Waals surface area contributed by atoms with Crippen LogP contribution < -0.4 is 20.3 Å². The quantitative estimate of drug-likeness (QED) is 0.358. The summed E-state index contributed by atoms with van der Waals surface area (Å²) < 4.78 is 37.3. The van der Waals surface area contributed by atoms with Crippen LogP contribution in [0.15, 0.2) is 16.0 Å². The Kier molecular flexibility index (Phi) is 5.80. The minimum absolute atomic E-state index is 0.0265. The van der Waals surface area contributed by atoms with Gasteiger partial charge in [-0.05, 0) is 32.4 Å². The van der Waals surface area contributed by atoms with Crippen LogP contribution in [0.25, 0.3) is 21.7 Å². The van der Waals surface area contributed by atoms with E-state index in [-0.39, 0.29) is 58.9 Å². The van der Waals surface area contributed by atoms with Gasteiger partial charge >= 0.3 is 12.2 Å². The molecule has 3 atom stereocenters. The molecule has 0 unspecified atom stereocenters. The highest BCUT2D eigenvalue weighted by atomic mass is 32.1. The maximum atomic E-state index is 16.2. The highest BCUT2D eigenvalue weighted by Gasteiger charge is 2.63. The molecule has 0 saturated carbocycles. The van der Waals surface area contributed by atoms with Gasteiger partial charge in [0.2, 0.25) is 23.3 Å². The molecule has 0 aliphatic carbocycles. The molecule has 2 saturated heterocycles. The lowest BCUT2D eigenvalue weighted by molar-refractivity contribution is -0.153. The van der Waals surface area contributed by atoms with Gasteiger partial charge in [-0.25, -0.2) is 14.0 Å². The van der Waals surface area contributed by atoms with Gasteiger partial charge in [0, 0.05) is 13.0 Å². The zero-order valence-electron chi connectivity index (χ0n) is 20.9. The van der Waals surface area contributed by atoms with Crippen molar-refractivity contribution >= 4 is 52.0 Å². The van der Waals surface area contributed by atoms with Crippen LogP contribution >= 0.6 is 11.3 Å². The number of aromatic nitrogens is 2. The average molecular weight is 560 g/mol. The van der Waals surface area contributed by atoms with Crippen LogP contribution in [0.1, 0.15) is 26.3 Å². The molecular weight excluding hydrogens is 537 g/mol. The van der Waals surface area contributed by atoms with Gasteiger partial charge in [-0.1, -0.05) is 5.16 Å². The molecule has 0 bridgehead atoms. The van der Waals surface area contributed by atoms with Crippen molar-refractivity contribution in [3.05, 3.63) is 22.8 Å². The SMILES string of the molecule is CCOC(=O)Oc1csc(-c2noc3c(F)c4c(cc23)CC2(C(=O)NC(=O)NC2=O)[C@H]2[C@H](C)O[C@H](C)CN42)n1. The number of carbonyl (C=O) groups is 4. The van der Waals surface area contributed by atoms with Crippen molar-refractivity contribution in [1.29, 1.82) is 0 Å². The molecule has 1 spiro atoms. The monoisotopic (exact) mass is 559 g/mol. The number of ether oxygens (including phenoxy) is 3. The number of fused-ring (bicyclic) bond motifs is 5. The number of hydrogen-bond donors (Lipinski definition) is 2. The van der Waals surface area contributed by atoms with Crippen LogP contribution in [0.2, 0.25) is 0 Å². The highest BCUT2D eigenvalue weighted by Crippen LogP contribution is 2.49. The first kappa shape index (κ1) is 25.2. The van der Waals surface area contributed by atoms with E-state index in [4.69, 9.17) is 18.7 Å². The fourth-order valence-electron chi connectivity index (χ4n) is 5.75. The molecule has 15 heteroatoms. The molecule has 3 aromatic rings. The number of urea groups is 1. The number of rotatable bonds is 3. The smallest absolute Gasteiger partial charge is 0.434 e. The molecule has 3 aliphatic rings. The second-order valence-electron chi connectivity index (χ2n) is 9.52. The summed E-state index contributed by atoms with van der Waals surface area (Å²) in [4.78, 5) is 56.1. The maximum absolute atomic E-state index is 16.2. The lowest BCUT2D eigenvalue weighted by Crippen LogP contribution is -2.75. The summed E-state index contributed by atoms with van der Waals surface area (Å²) >= 11 is 1.09. The third-order valence-corrected chi connectivity index (χ3v) is 7.93. The number of nitrogens with one attached hydrogen (secondary N) is 2. The molecule has 0 radical (unpaired) electrons. The summed E-state index contributed by atoms with van der Waals surface area (Å²) in [5.74, 6) is -2.31. The summed E-state index contributed by atoms with van der Waals surface area (Å²) in [5.41, 5.74) is -1.20. The Morgan fingerprint density at radius 2 is 2.03 bits per heavy atom. The molecular formula is C24H22FN5O8S. The Morgan fingerprint density at radius 1 is 1.28 bits per heavy atom. The molecule has 2 aromatic heterocycles. The van der Waals surface area contributed by atoms with E-state index >= 15 is 4.39 Å². The lowest BCUT2D eigenvalue weighted by Gasteiger charge is -2.55. The molecule has 13 nitrogen and oxygen atoms in total. The second-order valence-corrected chi connectivity index (χ2v) is 10.4. The number of morpholine rings is 1. The zero-order valence-corrected chi connectivity index (χ0v) is 21.7. The molecule has 2 fully saturated rings. The van der Waals surface area contributed by atoms with E-state index in [1.165, 1.54) is 5.38 Å². The predicted molar refractivity (Wildman–Crippen MR) is 132 cm³/mol. The largest absolute Gasteiger partial charge is 0.515 e. The van der Waals surface area contributed by atoms with Crippen LogP contribution in [0, 0.1) is 11.2 Å². The third-order valence-electron chi connectivity index (χ3n) is 7.10. The van der Waals surface area contributed by atoms with Crippen LogP contribution in [-0.4, -0.2) is 65.5 Å². The van der Waals surface area contributed by atoms with Crippen LogP contribution in [0.5, 0.6) is 5.88 Å². The van der Waals surface area contributed by atoms with Crippen LogP contribution in [0.4, 0.5) is 19.7 Å². The summed E-state index contributed by atoms with van der Waals surface area (Å²) in [6, 6.07) is -0.212. The number of carbonyl (C=O) groups excluding carboxylic acids is 4. The van der Waals surface area contributed by atoms with Crippen LogP contribution in [-0.2, 0) is 25.5 Å². The average Bonchev–Trinajstić information content (AvgIpc) is 3.49. The number of hydrogen-bond acceptors (Lipinski definition) is 12. The van der Waals surface area contributed by atoms with Gasteiger partial charge in [-0.2, -0.15) is 4.98 Å². The van der Waals surface area contributed by atoms with Crippen molar-refractivity contribution in [2.75, 3.05) is 18.1 Å². The van der Waals surface area contributed by atoms with Gasteiger partial charge in [0.15, 0.2) is 16.9 Å². The molecule has 2 N–H and O–H groups in total. The Morgan fingerprint density at radius 3 is 2.74 bits per heavy atom. The van der Waals surface area contributed by atoms with Crippen molar-refractivity contribution in [1.82, 2.24) is 20.8 Å². The zero-order chi connectivity index (χ0) is 27.6. The molecule has 1 aromatic carbocycles. The number of anilines is 1. The number of halogens is 1. The van der Waals surface area contributed by atoms with E-state index in [1.807, 2.05) is 0 Å². The van der Waals surface area contributed by atoms with Gasteiger partial charge in [0.1, 0.15) is 5.01 Å². The number of thiazole rings is 1. The molecule has 39 heavy (non-hydrogen) atoms. The Balaban J connectivity index is 1.49. The Bertz CT molecular complexity index is 1530. The minimum Gasteiger partial charge on any atom is -0.434 e. The second kappa shape index (κ2) is 8.98. The maximum Gasteiger partial charge on any atom is 0.515 e. The standard InChI is InChI=1S/C24H22FN5O8S/c1-4-35-23(34)37-13-8-39-19(26-13)15-12-5-11-6-24(20(31)27-22(33)28-21(24)32)18-10(3)36-9(2)7-30(18)16(11)14(25)17(12)38-29-15/h5,8-10,18H,4,6-7H2,1-3H3,(H2,27,28,31,32,33)/t9-,10+,18-/m1/s1. The van der Waals surface area contributed by atoms with E-state index in [1.54, 1.807) is 31.7 Å². The van der Waals surface area contributed by atoms with Gasteiger partial charge in [-0.3, -0.25) is 20.2 Å². The van der Waals surface area contributed by atoms with Crippen molar-refractivity contribution in [2.24, 2.45) is 5.41 Å². The first-order chi connectivity index (χ1) is 18.6. The van der Waals surface area contributed by atoms with E-state index in [0.717, 1.165) is 11.3 Å². The van der Waals surface area contributed by atoms with E-state index in [2.05, 4.69) is 20.8 Å². The molecule has 204 valence electrons. The van der Waals surface area contributed by atoms with E-state index in [9.17, 15) is 19.2 Å². The predicted octanol–water partition coefficient (Wildman–Crippen LogP) is 2.52. The van der Waals surface area contributed by atoms with Crippen molar-refractivity contribution in [2.45, 2.75) is 45.4 Å². The van der Waals surface area contributed by atoms with Gasteiger partial charge in [0.05, 0.1) is 41.3 Å². The summed E-state index contributed by atoms with van der Waals surface area (Å²) in [6.07, 6.45) is -2.12. The van der Waals surface area contributed by atoms with Crippen molar-refractivity contribution in [3.63, 3.8) is 0 Å². The van der Waals surface area contributed by atoms with Gasteiger partial charge < -0.3 is 23.6 Å². The Hall–Kier alpha value is -4.11. The highest BCUT2D eigenvalue weighted by molar-refractivity contribution is 7.13. The normalized spacial score (nSPS) is 23.7. The molecule has 5 heterocycles. The fourth-order valence-corrected chi connectivity index (χ4v) is 6.46. The minimum atomic E-state index is -1.76. The first-order valence-corrected chi connectivity index (χ1v) is 13.0. The van der Waals surface area contributed by atoms with Crippen molar-refractivity contribution < 1.29 is 42.3 Å². The number of amides is 4. The van der Waals surface area contributed by atoms with Gasteiger partial charge in [0.25, 0.3) is 0 Å². The van der Waals surface area contributed by atoms with E-state index in [0.29, 0.717) is 5.56 Å². The van der Waals surface area contributed by atoms with E-state index < -0.39 is 47.4 Å². The fraction of sp³-hybridized carbons (Fsp3) is 0.417. The topological polar surface area (TPSA) is 162 Å². The molecule has 4 amide bonds. The summed E-state index contributed by atoms with van der Waals surface area (Å²) in [5, 5.41) is 10.4. The number of benzene rings is 1. The van der Waals surface area contributed by atoms with Crippen LogP contribution in [0.3, 0.4) is 0 Å². The third kappa shape index (κ3) is 3.75. The lowest BCUT2D eigenvalue weighted by atomic mass is 9.66. The summed E-state index contributed by atoms with van der Waals surface area (Å²) in [6.45, 7) is 5.45. The summed E-state index contributed by atoms with van der Waals surface area (Å²) in [7, 11) is 0. The van der Waals surface area contributed by atoms with Crippen molar-refractivity contribution in [3.8, 4) is 16.6 Å². The number of barbiturate groups is 1. The Labute approximate surface area is 223 Å². The number of imide groups is 2. The molecule has 6 rings (SSSR count). The number of nitrogens with zero attached hydrogens (tertiary/aromatic N) is 3. The first-order valence-electron chi connectivity index (χ1n) is 12.1. The molecule has 3 aliphatic heterocycles.